The van der Waals surface area contributed by atoms with Gasteiger partial charge in [-0.1, -0.05) is 6.07 Å². The Hall–Kier alpha value is -1.69. The van der Waals surface area contributed by atoms with E-state index in [4.69, 9.17) is 4.74 Å². The molecule has 0 radical (unpaired) electrons. The fourth-order valence-corrected chi connectivity index (χ4v) is 2.45. The van der Waals surface area contributed by atoms with Gasteiger partial charge in [-0.25, -0.2) is 13.2 Å². The summed E-state index contributed by atoms with van der Waals surface area (Å²) in [6.07, 6.45) is 0. The van der Waals surface area contributed by atoms with Crippen molar-refractivity contribution in [3.8, 4) is 5.75 Å². The highest BCUT2D eigenvalue weighted by atomic mass is 79.9. The molecule has 1 atom stereocenters. The van der Waals surface area contributed by atoms with E-state index < -0.39 is 17.5 Å². The second-order valence-electron chi connectivity index (χ2n) is 4.50. The first-order chi connectivity index (χ1) is 9.92. The van der Waals surface area contributed by atoms with E-state index in [-0.39, 0.29) is 22.0 Å². The van der Waals surface area contributed by atoms with Crippen LogP contribution in [0.3, 0.4) is 0 Å². The summed E-state index contributed by atoms with van der Waals surface area (Å²) in [6, 6.07) is 6.03. The first-order valence-corrected chi connectivity index (χ1v) is 6.96. The molecule has 2 aromatic rings. The van der Waals surface area contributed by atoms with Gasteiger partial charge in [-0.15, -0.1) is 0 Å². The third-order valence-electron chi connectivity index (χ3n) is 3.04. The summed E-state index contributed by atoms with van der Waals surface area (Å²) >= 11 is 3.11. The van der Waals surface area contributed by atoms with E-state index in [9.17, 15) is 13.2 Å². The molecule has 0 aliphatic carbocycles. The lowest BCUT2D eigenvalue weighted by Gasteiger charge is -2.18. The topological polar surface area (TPSA) is 21.3 Å². The Kier molecular flexibility index (Phi) is 4.77. The molecule has 2 nitrogen and oxygen atoms in total. The average Bonchev–Trinajstić information content (AvgIpc) is 2.43. The predicted octanol–water partition coefficient (Wildman–Crippen LogP) is 5.05. The molecule has 0 aliphatic heterocycles. The van der Waals surface area contributed by atoms with Crippen molar-refractivity contribution in [3.63, 3.8) is 0 Å². The number of benzene rings is 2. The van der Waals surface area contributed by atoms with Gasteiger partial charge in [0.1, 0.15) is 11.6 Å². The molecule has 0 saturated carbocycles. The predicted molar refractivity (Wildman–Crippen MR) is 79.0 cm³/mol. The molecular formula is C15H13BrF3NO. The fraction of sp³-hybridized carbons (Fsp3) is 0.200. The molecular weight excluding hydrogens is 347 g/mol. The van der Waals surface area contributed by atoms with Crippen molar-refractivity contribution < 1.29 is 17.9 Å². The largest absolute Gasteiger partial charge is 0.494 e. The van der Waals surface area contributed by atoms with Crippen molar-refractivity contribution in [3.05, 3.63) is 57.8 Å². The molecule has 0 amide bonds. The molecule has 1 N–H and O–H groups in total. The lowest BCUT2D eigenvalue weighted by molar-refractivity contribution is 0.385. The van der Waals surface area contributed by atoms with Crippen LogP contribution in [-0.4, -0.2) is 7.11 Å². The lowest BCUT2D eigenvalue weighted by atomic mass is 10.1. The number of halogens is 4. The van der Waals surface area contributed by atoms with E-state index in [1.807, 2.05) is 0 Å². The van der Waals surface area contributed by atoms with Crippen LogP contribution in [0, 0.1) is 17.5 Å². The van der Waals surface area contributed by atoms with Crippen molar-refractivity contribution in [1.29, 1.82) is 0 Å². The fourth-order valence-electron chi connectivity index (χ4n) is 1.93. The molecule has 1 unspecified atom stereocenters. The maximum atomic E-state index is 13.8. The van der Waals surface area contributed by atoms with Crippen LogP contribution in [0.25, 0.3) is 0 Å². The number of anilines is 1. The SMILES string of the molecule is COc1cc(C(C)Nc2c(F)cc(F)cc2Br)ccc1F. The van der Waals surface area contributed by atoms with E-state index in [2.05, 4.69) is 21.2 Å². The average molecular weight is 360 g/mol. The monoisotopic (exact) mass is 359 g/mol. The van der Waals surface area contributed by atoms with E-state index >= 15 is 0 Å². The van der Waals surface area contributed by atoms with Crippen molar-refractivity contribution in [1.82, 2.24) is 0 Å². The molecule has 0 saturated heterocycles. The normalized spacial score (nSPS) is 12.1. The van der Waals surface area contributed by atoms with E-state index in [1.165, 1.54) is 25.3 Å². The highest BCUT2D eigenvalue weighted by molar-refractivity contribution is 9.10. The Balaban J connectivity index is 2.28. The molecule has 2 aromatic carbocycles. The minimum Gasteiger partial charge on any atom is -0.494 e. The molecule has 112 valence electrons. The van der Waals surface area contributed by atoms with Gasteiger partial charge in [-0.3, -0.25) is 0 Å². The molecule has 2 rings (SSSR count). The van der Waals surface area contributed by atoms with Crippen molar-refractivity contribution >= 4 is 21.6 Å². The Morgan fingerprint density at radius 3 is 2.43 bits per heavy atom. The van der Waals surface area contributed by atoms with E-state index in [1.54, 1.807) is 13.0 Å². The number of methoxy groups -OCH3 is 1. The molecule has 0 aliphatic rings. The van der Waals surface area contributed by atoms with Crippen LogP contribution in [0.5, 0.6) is 5.75 Å². The number of hydrogen-bond acceptors (Lipinski definition) is 2. The van der Waals surface area contributed by atoms with Gasteiger partial charge in [-0.2, -0.15) is 0 Å². The van der Waals surface area contributed by atoms with Gasteiger partial charge in [0.25, 0.3) is 0 Å². The first-order valence-electron chi connectivity index (χ1n) is 6.17. The first kappa shape index (κ1) is 15.7. The number of nitrogens with one attached hydrogen (secondary N) is 1. The highest BCUT2D eigenvalue weighted by Crippen LogP contribution is 2.31. The van der Waals surface area contributed by atoms with Gasteiger partial charge in [-0.05, 0) is 46.6 Å². The lowest BCUT2D eigenvalue weighted by Crippen LogP contribution is -2.09. The molecule has 0 spiro atoms. The van der Waals surface area contributed by atoms with E-state index in [0.29, 0.717) is 5.56 Å². The van der Waals surface area contributed by atoms with Gasteiger partial charge in [0.2, 0.25) is 0 Å². The molecule has 6 heteroatoms. The van der Waals surface area contributed by atoms with Gasteiger partial charge in [0.15, 0.2) is 11.6 Å². The van der Waals surface area contributed by atoms with Gasteiger partial charge >= 0.3 is 0 Å². The zero-order chi connectivity index (χ0) is 15.6. The minimum atomic E-state index is -0.706. The Bertz CT molecular complexity index is 640. The highest BCUT2D eigenvalue weighted by Gasteiger charge is 2.14. The van der Waals surface area contributed by atoms with Gasteiger partial charge in [0, 0.05) is 16.6 Å². The maximum absolute atomic E-state index is 13.8. The van der Waals surface area contributed by atoms with Crippen LogP contribution in [-0.2, 0) is 0 Å². The standard InChI is InChI=1S/C15H13BrF3NO/c1-8(9-3-4-12(18)14(5-9)21-2)20-15-11(16)6-10(17)7-13(15)19/h3-8,20H,1-2H3. The maximum Gasteiger partial charge on any atom is 0.165 e. The summed E-state index contributed by atoms with van der Waals surface area (Å²) in [6.45, 7) is 1.78. The smallest absolute Gasteiger partial charge is 0.165 e. The van der Waals surface area contributed by atoms with Crippen molar-refractivity contribution in [2.45, 2.75) is 13.0 Å². The number of hydrogen-bond donors (Lipinski definition) is 1. The zero-order valence-corrected chi connectivity index (χ0v) is 13.0. The van der Waals surface area contributed by atoms with Gasteiger partial charge < -0.3 is 10.1 Å². The quantitative estimate of drug-likeness (QED) is 0.824. The summed E-state index contributed by atoms with van der Waals surface area (Å²) in [5.74, 6) is -1.73. The van der Waals surface area contributed by atoms with E-state index in [0.717, 1.165) is 6.07 Å². The summed E-state index contributed by atoms with van der Waals surface area (Å²) in [4.78, 5) is 0. The number of ether oxygens (including phenoxy) is 1. The Morgan fingerprint density at radius 2 is 1.81 bits per heavy atom. The van der Waals surface area contributed by atoms with Crippen LogP contribution in [0.2, 0.25) is 0 Å². The Morgan fingerprint density at radius 1 is 1.10 bits per heavy atom. The van der Waals surface area contributed by atoms with Crippen molar-refractivity contribution in [2.75, 3.05) is 12.4 Å². The summed E-state index contributed by atoms with van der Waals surface area (Å²) in [5.41, 5.74) is 0.857. The molecule has 0 heterocycles. The minimum absolute atomic E-state index is 0.111. The third-order valence-corrected chi connectivity index (χ3v) is 3.67. The van der Waals surface area contributed by atoms with Crippen LogP contribution < -0.4 is 10.1 Å². The van der Waals surface area contributed by atoms with Crippen LogP contribution >= 0.6 is 15.9 Å². The molecule has 0 fully saturated rings. The van der Waals surface area contributed by atoms with Gasteiger partial charge in [0.05, 0.1) is 12.8 Å². The molecule has 21 heavy (non-hydrogen) atoms. The summed E-state index contributed by atoms with van der Waals surface area (Å²) < 4.78 is 45.4. The van der Waals surface area contributed by atoms with Crippen LogP contribution in [0.1, 0.15) is 18.5 Å². The molecule has 0 bridgehead atoms. The summed E-state index contributed by atoms with van der Waals surface area (Å²) in [7, 11) is 1.37. The second kappa shape index (κ2) is 6.39. The zero-order valence-electron chi connectivity index (χ0n) is 11.4. The second-order valence-corrected chi connectivity index (χ2v) is 5.36. The van der Waals surface area contributed by atoms with Crippen LogP contribution in [0.4, 0.5) is 18.9 Å². The Labute approximate surface area is 129 Å². The summed E-state index contributed by atoms with van der Waals surface area (Å²) in [5, 5.41) is 2.93. The van der Waals surface area contributed by atoms with Crippen molar-refractivity contribution in [2.24, 2.45) is 0 Å². The molecule has 0 aromatic heterocycles. The third kappa shape index (κ3) is 3.50. The number of rotatable bonds is 4. The van der Waals surface area contributed by atoms with Crippen LogP contribution in [0.15, 0.2) is 34.8 Å².